The van der Waals surface area contributed by atoms with Gasteiger partial charge < -0.3 is 19.4 Å². The molecule has 182 valence electrons. The van der Waals surface area contributed by atoms with Crippen LogP contribution in [0, 0.1) is 0 Å². The first kappa shape index (κ1) is 23.2. The van der Waals surface area contributed by atoms with Gasteiger partial charge in [0, 0.05) is 25.1 Å². The molecule has 2 atom stereocenters. The number of carbonyl (C=O) groups excluding carboxylic acids is 2. The maximum atomic E-state index is 13.6. The maximum absolute atomic E-state index is 13.6. The van der Waals surface area contributed by atoms with Crippen molar-refractivity contribution >= 4 is 11.8 Å². The number of benzene rings is 2. The molecule has 1 N–H and O–H groups in total. The Morgan fingerprint density at radius 1 is 1.03 bits per heavy atom. The maximum Gasteiger partial charge on any atom is 0.290 e. The minimum Gasteiger partial charge on any atom is -0.496 e. The number of hydrogen-bond acceptors (Lipinski definition) is 5. The van der Waals surface area contributed by atoms with Gasteiger partial charge in [-0.15, -0.1) is 0 Å². The highest BCUT2D eigenvalue weighted by molar-refractivity contribution is 5.96. The van der Waals surface area contributed by atoms with Gasteiger partial charge in [-0.25, -0.2) is 0 Å². The fourth-order valence-electron chi connectivity index (χ4n) is 5.26. The van der Waals surface area contributed by atoms with Crippen LogP contribution in [0.5, 0.6) is 5.75 Å². The largest absolute Gasteiger partial charge is 0.496 e. The normalized spacial score (nSPS) is 18.7. The highest BCUT2D eigenvalue weighted by Crippen LogP contribution is 2.32. The number of amides is 2. The fourth-order valence-corrected chi connectivity index (χ4v) is 5.26. The third-order valence-electron chi connectivity index (χ3n) is 7.09. The number of para-hydroxylation sites is 1. The minimum absolute atomic E-state index is 0.00250. The number of ether oxygens (including phenoxy) is 1. The zero-order valence-corrected chi connectivity index (χ0v) is 20.0. The van der Waals surface area contributed by atoms with Gasteiger partial charge in [0.15, 0.2) is 5.76 Å². The second-order valence-corrected chi connectivity index (χ2v) is 9.14. The molecule has 2 amide bonds. The average Bonchev–Trinajstić information content (AvgIpc) is 3.63. The molecule has 2 aliphatic heterocycles. The third-order valence-corrected chi connectivity index (χ3v) is 7.09. The van der Waals surface area contributed by atoms with Crippen LogP contribution in [-0.2, 0) is 17.8 Å². The molecule has 0 saturated carbocycles. The highest BCUT2D eigenvalue weighted by atomic mass is 16.5. The van der Waals surface area contributed by atoms with Crippen molar-refractivity contribution < 1.29 is 18.7 Å². The Bertz CT molecular complexity index is 1170. The van der Waals surface area contributed by atoms with E-state index in [-0.39, 0.29) is 23.6 Å². The van der Waals surface area contributed by atoms with E-state index in [0.29, 0.717) is 19.5 Å². The molecule has 2 aliphatic rings. The average molecular weight is 474 g/mol. The van der Waals surface area contributed by atoms with E-state index in [1.54, 1.807) is 24.1 Å². The highest BCUT2D eigenvalue weighted by Gasteiger charge is 2.36. The standard InChI is InChI=1S/C28H31N3O4/c1-34-25-12-5-4-11-22(25)24(30-14-6-7-15-30)18-29-27(32)23-17-20-9-2-3-10-21(20)19-31(23)28(33)26-13-8-16-35-26/h2-5,8-13,16,23-24H,6-7,14-15,17-19H2,1H3,(H,29,32). The first-order valence-electron chi connectivity index (χ1n) is 12.2. The number of hydrogen-bond donors (Lipinski definition) is 1. The van der Waals surface area contributed by atoms with Crippen molar-refractivity contribution in [2.24, 2.45) is 0 Å². The lowest BCUT2D eigenvalue weighted by molar-refractivity contribution is -0.126. The van der Waals surface area contributed by atoms with Gasteiger partial charge in [0.1, 0.15) is 11.8 Å². The molecule has 1 saturated heterocycles. The predicted octanol–water partition coefficient (Wildman–Crippen LogP) is 3.81. The molecule has 35 heavy (non-hydrogen) atoms. The van der Waals surface area contributed by atoms with E-state index in [9.17, 15) is 9.59 Å². The van der Waals surface area contributed by atoms with Crippen LogP contribution in [0.2, 0.25) is 0 Å². The molecule has 7 nitrogen and oxygen atoms in total. The zero-order chi connectivity index (χ0) is 24.2. The van der Waals surface area contributed by atoms with Gasteiger partial charge in [-0.05, 0) is 55.3 Å². The van der Waals surface area contributed by atoms with E-state index >= 15 is 0 Å². The summed E-state index contributed by atoms with van der Waals surface area (Å²) in [7, 11) is 1.68. The smallest absolute Gasteiger partial charge is 0.290 e. The Balaban J connectivity index is 1.38. The fraction of sp³-hybridized carbons (Fsp3) is 0.357. The van der Waals surface area contributed by atoms with E-state index in [0.717, 1.165) is 48.4 Å². The van der Waals surface area contributed by atoms with Crippen molar-refractivity contribution in [3.8, 4) is 5.75 Å². The Morgan fingerprint density at radius 3 is 2.51 bits per heavy atom. The zero-order valence-electron chi connectivity index (χ0n) is 20.0. The summed E-state index contributed by atoms with van der Waals surface area (Å²) in [5.41, 5.74) is 3.21. The Morgan fingerprint density at radius 2 is 1.77 bits per heavy atom. The monoisotopic (exact) mass is 473 g/mol. The van der Waals surface area contributed by atoms with Gasteiger partial charge in [-0.1, -0.05) is 42.5 Å². The number of fused-ring (bicyclic) bond motifs is 1. The molecule has 5 rings (SSSR count). The second-order valence-electron chi connectivity index (χ2n) is 9.14. The molecule has 2 aromatic carbocycles. The molecule has 2 unspecified atom stereocenters. The Kier molecular flexibility index (Phi) is 6.86. The van der Waals surface area contributed by atoms with E-state index in [2.05, 4.69) is 16.3 Å². The van der Waals surface area contributed by atoms with Gasteiger partial charge in [0.25, 0.3) is 5.91 Å². The molecule has 1 fully saturated rings. The molecule has 0 aliphatic carbocycles. The molecule has 3 aromatic rings. The van der Waals surface area contributed by atoms with Crippen molar-refractivity contribution in [1.82, 2.24) is 15.1 Å². The van der Waals surface area contributed by atoms with Crippen LogP contribution in [0.15, 0.2) is 71.3 Å². The number of carbonyl (C=O) groups is 2. The number of nitrogens with zero attached hydrogens (tertiary/aromatic N) is 2. The summed E-state index contributed by atoms with van der Waals surface area (Å²) < 4.78 is 11.0. The number of methoxy groups -OCH3 is 1. The minimum atomic E-state index is -0.612. The van der Waals surface area contributed by atoms with Crippen LogP contribution in [0.25, 0.3) is 0 Å². The van der Waals surface area contributed by atoms with E-state index < -0.39 is 6.04 Å². The van der Waals surface area contributed by atoms with E-state index in [1.165, 1.54) is 6.26 Å². The summed E-state index contributed by atoms with van der Waals surface area (Å²) in [6.07, 6.45) is 4.24. The Labute approximate surface area is 205 Å². The lowest BCUT2D eigenvalue weighted by atomic mass is 9.93. The lowest BCUT2D eigenvalue weighted by Gasteiger charge is -2.36. The van der Waals surface area contributed by atoms with Crippen molar-refractivity contribution in [3.63, 3.8) is 0 Å². The number of furan rings is 1. The number of rotatable bonds is 7. The molecule has 0 radical (unpaired) electrons. The summed E-state index contributed by atoms with van der Waals surface area (Å²) in [5, 5.41) is 3.18. The van der Waals surface area contributed by atoms with Crippen molar-refractivity contribution in [1.29, 1.82) is 0 Å². The van der Waals surface area contributed by atoms with Gasteiger partial charge in [-0.2, -0.15) is 0 Å². The van der Waals surface area contributed by atoms with Crippen LogP contribution in [-0.4, -0.2) is 54.4 Å². The summed E-state index contributed by atoms with van der Waals surface area (Å²) >= 11 is 0. The van der Waals surface area contributed by atoms with E-state index in [4.69, 9.17) is 9.15 Å². The topological polar surface area (TPSA) is 75.0 Å². The molecular weight excluding hydrogens is 442 g/mol. The van der Waals surface area contributed by atoms with Crippen LogP contribution in [0.1, 0.15) is 46.1 Å². The summed E-state index contributed by atoms with van der Waals surface area (Å²) in [6.45, 7) is 2.78. The first-order valence-corrected chi connectivity index (χ1v) is 12.2. The van der Waals surface area contributed by atoms with Crippen molar-refractivity contribution in [3.05, 3.63) is 89.4 Å². The van der Waals surface area contributed by atoms with Gasteiger partial charge in [0.2, 0.25) is 5.91 Å². The summed E-state index contributed by atoms with van der Waals surface area (Å²) in [6, 6.07) is 18.7. The van der Waals surface area contributed by atoms with Gasteiger partial charge in [-0.3, -0.25) is 14.5 Å². The van der Waals surface area contributed by atoms with Crippen LogP contribution < -0.4 is 10.1 Å². The van der Waals surface area contributed by atoms with E-state index in [1.807, 2.05) is 42.5 Å². The third kappa shape index (κ3) is 4.82. The first-order chi connectivity index (χ1) is 17.2. The molecular formula is C28H31N3O4. The van der Waals surface area contributed by atoms with Crippen molar-refractivity contribution in [2.45, 2.75) is 37.9 Å². The van der Waals surface area contributed by atoms with Gasteiger partial charge >= 0.3 is 0 Å². The lowest BCUT2D eigenvalue weighted by Crippen LogP contribution is -2.53. The van der Waals surface area contributed by atoms with Crippen LogP contribution in [0.4, 0.5) is 0 Å². The van der Waals surface area contributed by atoms with Crippen LogP contribution in [0.3, 0.4) is 0 Å². The molecule has 3 heterocycles. The molecule has 0 bridgehead atoms. The Hall–Kier alpha value is -3.58. The predicted molar refractivity (Wildman–Crippen MR) is 132 cm³/mol. The van der Waals surface area contributed by atoms with Crippen LogP contribution >= 0.6 is 0 Å². The van der Waals surface area contributed by atoms with Crippen molar-refractivity contribution in [2.75, 3.05) is 26.7 Å². The quantitative estimate of drug-likeness (QED) is 0.565. The summed E-state index contributed by atoms with van der Waals surface area (Å²) in [4.78, 5) is 30.9. The molecule has 7 heteroatoms. The second kappa shape index (κ2) is 10.4. The number of nitrogens with one attached hydrogen (secondary N) is 1. The SMILES string of the molecule is COc1ccccc1C(CNC(=O)C1Cc2ccccc2CN1C(=O)c1ccco1)N1CCCC1. The summed E-state index contributed by atoms with van der Waals surface area (Å²) in [5.74, 6) is 0.634. The molecule has 0 spiro atoms. The molecule has 1 aromatic heterocycles. The van der Waals surface area contributed by atoms with Gasteiger partial charge in [0.05, 0.1) is 19.4 Å². The number of likely N-dealkylation sites (tertiary alicyclic amines) is 1.